The van der Waals surface area contributed by atoms with Gasteiger partial charge in [0.15, 0.2) is 5.13 Å². The average molecular weight is 539 g/mol. The Morgan fingerprint density at radius 2 is 1.73 bits per heavy atom. The Kier molecular flexibility index (Phi) is 7.42. The zero-order valence-corrected chi connectivity index (χ0v) is 22.0. The van der Waals surface area contributed by atoms with E-state index in [1.807, 2.05) is 13.8 Å². The maximum absolute atomic E-state index is 13.1. The minimum atomic E-state index is -0.713. The van der Waals surface area contributed by atoms with E-state index in [0.29, 0.717) is 16.4 Å². The molecule has 1 aliphatic heterocycles. The average Bonchev–Trinajstić information content (AvgIpc) is 3.28. The summed E-state index contributed by atoms with van der Waals surface area (Å²) in [6.45, 7) is 7.26. The second kappa shape index (κ2) is 10.5. The van der Waals surface area contributed by atoms with Crippen LogP contribution >= 0.6 is 22.9 Å². The van der Waals surface area contributed by atoms with Gasteiger partial charge in [0.05, 0.1) is 23.0 Å². The summed E-state index contributed by atoms with van der Waals surface area (Å²) in [6.07, 6.45) is -0.282. The summed E-state index contributed by atoms with van der Waals surface area (Å²) in [5.74, 6) is -2.27. The first-order chi connectivity index (χ1) is 17.5. The van der Waals surface area contributed by atoms with Crippen molar-refractivity contribution in [1.29, 1.82) is 0 Å². The van der Waals surface area contributed by atoms with Crippen molar-refractivity contribution in [3.8, 4) is 0 Å². The molecule has 3 aromatic rings. The number of hydrogen-bond donors (Lipinski definition) is 2. The topological polar surface area (TPSA) is 118 Å². The molecule has 0 atom stereocenters. The summed E-state index contributed by atoms with van der Waals surface area (Å²) in [4.78, 5) is 56.9. The van der Waals surface area contributed by atoms with Gasteiger partial charge in [0, 0.05) is 16.1 Å². The lowest BCUT2D eigenvalue weighted by Gasteiger charge is -2.16. The van der Waals surface area contributed by atoms with Crippen molar-refractivity contribution < 1.29 is 23.9 Å². The number of esters is 1. The summed E-state index contributed by atoms with van der Waals surface area (Å²) in [7, 11) is 0. The van der Waals surface area contributed by atoms with Gasteiger partial charge in [-0.05, 0) is 70.2 Å². The number of carbonyl (C=O) groups excluding carboxylic acids is 4. The number of thiazole rings is 1. The monoisotopic (exact) mass is 538 g/mol. The molecule has 9 nitrogen and oxygen atoms in total. The molecule has 11 heteroatoms. The van der Waals surface area contributed by atoms with Gasteiger partial charge in [-0.15, -0.1) is 11.3 Å². The zero-order valence-electron chi connectivity index (χ0n) is 20.4. The number of halogens is 1. The smallest absolute Gasteiger partial charge is 0.338 e. The van der Waals surface area contributed by atoms with Crippen LogP contribution in [-0.4, -0.2) is 34.8 Å². The number of benzene rings is 2. The highest BCUT2D eigenvalue weighted by Gasteiger charge is 2.39. The Balaban J connectivity index is 1.49. The van der Waals surface area contributed by atoms with Gasteiger partial charge in [-0.3, -0.25) is 19.7 Å². The second-order valence-corrected chi connectivity index (χ2v) is 10.0. The van der Waals surface area contributed by atoms with Crippen LogP contribution in [0.1, 0.15) is 45.1 Å². The highest BCUT2D eigenvalue weighted by Crippen LogP contribution is 2.31. The number of carbonyl (C=O) groups is 4. The van der Waals surface area contributed by atoms with Crippen LogP contribution in [0, 0.1) is 13.8 Å². The fourth-order valence-corrected chi connectivity index (χ4v) is 4.47. The van der Waals surface area contributed by atoms with Crippen molar-refractivity contribution in [2.45, 2.75) is 33.8 Å². The van der Waals surface area contributed by atoms with Crippen LogP contribution in [-0.2, 0) is 14.3 Å². The van der Waals surface area contributed by atoms with Gasteiger partial charge in [0.2, 0.25) is 0 Å². The van der Waals surface area contributed by atoms with Gasteiger partial charge >= 0.3 is 5.97 Å². The zero-order chi connectivity index (χ0) is 26.9. The van der Waals surface area contributed by atoms with Gasteiger partial charge in [0.25, 0.3) is 17.7 Å². The molecule has 0 aliphatic carbocycles. The third-order valence-electron chi connectivity index (χ3n) is 5.37. The SMILES string of the molecule is Cc1nc(NC(=O)c2cccc(NC3=C(Cl)C(=O)N(c4ccc(C(=O)OC(C)C)cc4)C3=O)c2)sc1C. The lowest BCUT2D eigenvalue weighted by molar-refractivity contribution is -0.120. The first-order valence-corrected chi connectivity index (χ1v) is 12.5. The number of nitrogens with zero attached hydrogens (tertiary/aromatic N) is 2. The number of amides is 3. The number of rotatable bonds is 7. The van der Waals surface area contributed by atoms with Crippen LogP contribution in [0.15, 0.2) is 59.3 Å². The number of aryl methyl sites for hydroxylation is 2. The lowest BCUT2D eigenvalue weighted by atomic mass is 10.2. The van der Waals surface area contributed by atoms with Gasteiger partial charge in [0.1, 0.15) is 10.7 Å². The predicted octanol–water partition coefficient (Wildman–Crippen LogP) is 5.01. The molecule has 3 amide bonds. The maximum atomic E-state index is 13.1. The summed E-state index contributed by atoms with van der Waals surface area (Å²) < 4.78 is 5.15. The van der Waals surface area contributed by atoms with E-state index >= 15 is 0 Å². The van der Waals surface area contributed by atoms with Crippen LogP contribution in [0.25, 0.3) is 0 Å². The van der Waals surface area contributed by atoms with E-state index in [0.717, 1.165) is 15.5 Å². The number of nitrogens with one attached hydrogen (secondary N) is 2. The maximum Gasteiger partial charge on any atom is 0.338 e. The van der Waals surface area contributed by atoms with Crippen molar-refractivity contribution in [1.82, 2.24) is 4.98 Å². The van der Waals surface area contributed by atoms with Crippen LogP contribution < -0.4 is 15.5 Å². The van der Waals surface area contributed by atoms with Gasteiger partial charge in [-0.2, -0.15) is 0 Å². The van der Waals surface area contributed by atoms with Crippen molar-refractivity contribution in [3.63, 3.8) is 0 Å². The van der Waals surface area contributed by atoms with Gasteiger partial charge in [-0.25, -0.2) is 14.7 Å². The Labute approximate surface area is 222 Å². The molecule has 190 valence electrons. The third kappa shape index (κ3) is 5.55. The van der Waals surface area contributed by atoms with Crippen molar-refractivity contribution in [2.24, 2.45) is 0 Å². The van der Waals surface area contributed by atoms with E-state index < -0.39 is 17.8 Å². The summed E-state index contributed by atoms with van der Waals surface area (Å²) >= 11 is 7.60. The third-order valence-corrected chi connectivity index (χ3v) is 6.71. The van der Waals surface area contributed by atoms with E-state index in [-0.39, 0.29) is 34.0 Å². The summed E-state index contributed by atoms with van der Waals surface area (Å²) in [6, 6.07) is 12.3. The fourth-order valence-electron chi connectivity index (χ4n) is 3.45. The first kappa shape index (κ1) is 26.1. The van der Waals surface area contributed by atoms with Crippen molar-refractivity contribution >= 4 is 63.1 Å². The van der Waals surface area contributed by atoms with Crippen molar-refractivity contribution in [3.05, 3.63) is 81.0 Å². The Bertz CT molecular complexity index is 1430. The minimum absolute atomic E-state index is 0.126. The molecule has 0 saturated carbocycles. The van der Waals surface area contributed by atoms with Crippen LogP contribution in [0.4, 0.5) is 16.5 Å². The Morgan fingerprint density at radius 1 is 1.03 bits per heavy atom. The molecule has 0 unspecified atom stereocenters. The number of aromatic nitrogens is 1. The number of imide groups is 1. The first-order valence-electron chi connectivity index (χ1n) is 11.3. The van der Waals surface area contributed by atoms with Crippen LogP contribution in [0.3, 0.4) is 0 Å². The van der Waals surface area contributed by atoms with Crippen molar-refractivity contribution in [2.75, 3.05) is 15.5 Å². The van der Waals surface area contributed by atoms with Gasteiger partial charge < -0.3 is 10.1 Å². The number of hydrogen-bond acceptors (Lipinski definition) is 8. The molecule has 2 aromatic carbocycles. The highest BCUT2D eigenvalue weighted by atomic mass is 35.5. The molecule has 1 aromatic heterocycles. The second-order valence-electron chi connectivity index (χ2n) is 8.46. The Morgan fingerprint density at radius 3 is 2.35 bits per heavy atom. The largest absolute Gasteiger partial charge is 0.459 e. The van der Waals surface area contributed by atoms with E-state index in [4.69, 9.17) is 16.3 Å². The standard InChI is InChI=1S/C26H23ClN4O5S/c1-13(2)36-25(35)16-8-10-19(11-9-16)31-23(33)20(27)21(24(31)34)29-18-7-5-6-17(12-18)22(32)30-26-28-14(3)15(4)37-26/h5-13,29H,1-4H3,(H,28,30,32). The fraction of sp³-hybridized carbons (Fsp3) is 0.192. The molecular weight excluding hydrogens is 516 g/mol. The molecular formula is C26H23ClN4O5S. The van der Waals surface area contributed by atoms with E-state index in [2.05, 4.69) is 15.6 Å². The van der Waals surface area contributed by atoms with Crippen LogP contribution in [0.5, 0.6) is 0 Å². The number of ether oxygens (including phenoxy) is 1. The van der Waals surface area contributed by atoms with E-state index in [9.17, 15) is 19.2 Å². The number of anilines is 3. The van der Waals surface area contributed by atoms with E-state index in [1.54, 1.807) is 32.0 Å². The van der Waals surface area contributed by atoms with Gasteiger partial charge in [-0.1, -0.05) is 17.7 Å². The molecule has 0 spiro atoms. The minimum Gasteiger partial charge on any atom is -0.459 e. The normalized spacial score (nSPS) is 13.4. The highest BCUT2D eigenvalue weighted by molar-refractivity contribution is 7.15. The molecule has 4 rings (SSSR count). The lowest BCUT2D eigenvalue weighted by Crippen LogP contribution is -2.32. The van der Waals surface area contributed by atoms with E-state index in [1.165, 1.54) is 41.7 Å². The Hall–Kier alpha value is -4.02. The predicted molar refractivity (Wildman–Crippen MR) is 142 cm³/mol. The molecule has 0 fully saturated rings. The molecule has 1 aliphatic rings. The molecule has 2 heterocycles. The molecule has 37 heavy (non-hydrogen) atoms. The summed E-state index contributed by atoms with van der Waals surface area (Å²) in [5.41, 5.74) is 1.96. The molecule has 2 N–H and O–H groups in total. The summed E-state index contributed by atoms with van der Waals surface area (Å²) in [5, 5.41) is 5.81. The molecule has 0 bridgehead atoms. The molecule has 0 saturated heterocycles. The van der Waals surface area contributed by atoms with Crippen LogP contribution in [0.2, 0.25) is 0 Å². The quantitative estimate of drug-likeness (QED) is 0.320. The molecule has 0 radical (unpaired) electrons.